The zero-order chi connectivity index (χ0) is 36.2. The summed E-state index contributed by atoms with van der Waals surface area (Å²) in [6.45, 7) is 4.71. The molecule has 1 atom stereocenters. The highest BCUT2D eigenvalue weighted by atomic mass is 31.2. The van der Waals surface area contributed by atoms with E-state index >= 15 is 4.57 Å². The van der Waals surface area contributed by atoms with Gasteiger partial charge >= 0.3 is 0 Å². The van der Waals surface area contributed by atoms with Crippen molar-refractivity contribution in [3.63, 3.8) is 0 Å². The highest BCUT2D eigenvalue weighted by molar-refractivity contribution is 7.86. The van der Waals surface area contributed by atoms with Crippen molar-refractivity contribution in [2.45, 2.75) is 19.3 Å². The Kier molecular flexibility index (Phi) is 6.61. The summed E-state index contributed by atoms with van der Waals surface area (Å²) in [5.74, 6) is 0. The minimum atomic E-state index is -3.19. The second-order valence-corrected chi connectivity index (χ2v) is 17.9. The van der Waals surface area contributed by atoms with Gasteiger partial charge in [0, 0.05) is 32.5 Å². The van der Waals surface area contributed by atoms with Crippen LogP contribution in [0.1, 0.15) is 25.0 Å². The summed E-state index contributed by atoms with van der Waals surface area (Å²) in [5, 5.41) is 5.00. The number of fused-ring (bicyclic) bond motifs is 10. The number of para-hydroxylation sites is 1. The molecule has 1 aliphatic carbocycles. The molecule has 11 rings (SSSR count). The molecule has 54 heavy (non-hydrogen) atoms. The molecule has 0 radical (unpaired) electrons. The van der Waals surface area contributed by atoms with E-state index in [2.05, 4.69) is 164 Å². The summed E-state index contributed by atoms with van der Waals surface area (Å²) in [7, 11) is -3.19. The molecule has 1 aliphatic heterocycles. The lowest BCUT2D eigenvalue weighted by Gasteiger charge is -2.22. The SMILES string of the molecule is CC1(C)c2cc(-c3ccccc3)ccc2-c2ccc(-c3ccc(-n4c5ccccc5c5ccc6c(c54)P(=O)(c4ccccc4)c4ccccc4-6)cc3)cc21. The lowest BCUT2D eigenvalue weighted by atomic mass is 9.81. The molecular weight excluding hydrogens is 674 g/mol. The molecule has 2 heterocycles. The Balaban J connectivity index is 1.05. The highest BCUT2D eigenvalue weighted by Gasteiger charge is 2.43. The minimum absolute atomic E-state index is 0.126. The van der Waals surface area contributed by atoms with Gasteiger partial charge in [-0.2, -0.15) is 0 Å². The van der Waals surface area contributed by atoms with Gasteiger partial charge < -0.3 is 9.13 Å². The summed E-state index contributed by atoms with van der Waals surface area (Å²) in [6.07, 6.45) is 0. The topological polar surface area (TPSA) is 22.0 Å². The lowest BCUT2D eigenvalue weighted by Crippen LogP contribution is -2.22. The molecule has 8 aromatic carbocycles. The average Bonchev–Trinajstić information content (AvgIpc) is 3.79. The van der Waals surface area contributed by atoms with E-state index in [1.807, 2.05) is 36.4 Å². The third-order valence-electron chi connectivity index (χ3n) is 12.0. The molecule has 2 aliphatic rings. The standard InChI is InChI=1S/C51H36NOP/c1-51(2)45-31-35(33-13-5-3-6-14-33)23-27-39(45)40-28-24-36(32-46(40)51)34-21-25-37(26-22-34)52-47-19-11-9-17-41(47)43-29-30-44-42-18-10-12-20-48(42)54(53,50(44)49(43)52)38-15-7-4-8-16-38/h3-32H,1-2H3. The predicted molar refractivity (Wildman–Crippen MR) is 228 cm³/mol. The van der Waals surface area contributed by atoms with Gasteiger partial charge in [0.25, 0.3) is 0 Å². The van der Waals surface area contributed by atoms with Gasteiger partial charge in [-0.25, -0.2) is 0 Å². The first-order chi connectivity index (χ1) is 26.4. The lowest BCUT2D eigenvalue weighted by molar-refractivity contribution is 0.593. The van der Waals surface area contributed by atoms with E-state index in [0.717, 1.165) is 54.5 Å². The van der Waals surface area contributed by atoms with Crippen LogP contribution in [0.25, 0.3) is 72.0 Å². The van der Waals surface area contributed by atoms with Crippen LogP contribution in [0.2, 0.25) is 0 Å². The molecule has 3 heteroatoms. The van der Waals surface area contributed by atoms with Crippen LogP contribution < -0.4 is 15.9 Å². The van der Waals surface area contributed by atoms with Crippen molar-refractivity contribution in [1.29, 1.82) is 0 Å². The van der Waals surface area contributed by atoms with Gasteiger partial charge in [0.05, 0.1) is 16.3 Å². The van der Waals surface area contributed by atoms with Crippen LogP contribution in [-0.4, -0.2) is 4.57 Å². The van der Waals surface area contributed by atoms with Crippen LogP contribution in [0.3, 0.4) is 0 Å². The van der Waals surface area contributed by atoms with E-state index in [-0.39, 0.29) is 5.41 Å². The van der Waals surface area contributed by atoms with E-state index in [0.29, 0.717) is 0 Å². The van der Waals surface area contributed by atoms with Crippen LogP contribution in [0.4, 0.5) is 0 Å². The van der Waals surface area contributed by atoms with Gasteiger partial charge in [-0.3, -0.25) is 0 Å². The van der Waals surface area contributed by atoms with Crippen LogP contribution >= 0.6 is 7.14 Å². The molecule has 0 bridgehead atoms. The van der Waals surface area contributed by atoms with Crippen molar-refractivity contribution in [3.8, 4) is 50.2 Å². The number of rotatable bonds is 4. The molecule has 0 N–H and O–H groups in total. The second-order valence-electron chi connectivity index (χ2n) is 15.2. The normalized spacial score (nSPS) is 16.3. The Morgan fingerprint density at radius 3 is 1.72 bits per heavy atom. The fourth-order valence-corrected chi connectivity index (χ4v) is 12.6. The van der Waals surface area contributed by atoms with Crippen LogP contribution in [0, 0.1) is 0 Å². The molecule has 9 aromatic rings. The summed E-state index contributed by atoms with van der Waals surface area (Å²) in [5.41, 5.74) is 15.4. The molecule has 0 amide bonds. The van der Waals surface area contributed by atoms with Crippen molar-refractivity contribution in [2.24, 2.45) is 0 Å². The van der Waals surface area contributed by atoms with Gasteiger partial charge in [-0.05, 0) is 86.0 Å². The summed E-state index contributed by atoms with van der Waals surface area (Å²) < 4.78 is 18.2. The molecule has 256 valence electrons. The number of benzene rings is 8. The van der Waals surface area contributed by atoms with Crippen LogP contribution in [-0.2, 0) is 9.98 Å². The van der Waals surface area contributed by atoms with Crippen molar-refractivity contribution in [2.75, 3.05) is 0 Å². The Labute approximate surface area is 315 Å². The van der Waals surface area contributed by atoms with Crippen molar-refractivity contribution in [1.82, 2.24) is 4.57 Å². The second kappa shape index (κ2) is 11.4. The number of hydrogen-bond acceptors (Lipinski definition) is 1. The third-order valence-corrected chi connectivity index (χ3v) is 15.2. The van der Waals surface area contributed by atoms with Crippen LogP contribution in [0.5, 0.6) is 0 Å². The Hall–Kier alpha value is -6.21. The molecule has 1 aromatic heterocycles. The molecule has 0 fully saturated rings. The van der Waals surface area contributed by atoms with E-state index in [9.17, 15) is 0 Å². The fraction of sp³-hybridized carbons (Fsp3) is 0.0588. The largest absolute Gasteiger partial charge is 0.309 e. The zero-order valence-corrected chi connectivity index (χ0v) is 31.0. The molecular formula is C51H36NOP. The van der Waals surface area contributed by atoms with Gasteiger partial charge in [0.2, 0.25) is 0 Å². The first-order valence-corrected chi connectivity index (χ1v) is 20.4. The van der Waals surface area contributed by atoms with Crippen molar-refractivity contribution in [3.05, 3.63) is 193 Å². The highest BCUT2D eigenvalue weighted by Crippen LogP contribution is 2.55. The Morgan fingerprint density at radius 2 is 1.02 bits per heavy atom. The van der Waals surface area contributed by atoms with Crippen molar-refractivity contribution >= 4 is 44.9 Å². The van der Waals surface area contributed by atoms with E-state index in [1.165, 1.54) is 44.5 Å². The van der Waals surface area contributed by atoms with Crippen LogP contribution in [0.15, 0.2) is 182 Å². The maximum atomic E-state index is 15.9. The third kappa shape index (κ3) is 4.26. The van der Waals surface area contributed by atoms with E-state index < -0.39 is 7.14 Å². The van der Waals surface area contributed by atoms with Gasteiger partial charge in [0.1, 0.15) is 0 Å². The average molecular weight is 710 g/mol. The van der Waals surface area contributed by atoms with Gasteiger partial charge in [-0.15, -0.1) is 0 Å². The molecule has 0 saturated carbocycles. The Bertz CT molecular complexity index is 3030. The van der Waals surface area contributed by atoms with E-state index in [1.54, 1.807) is 0 Å². The molecule has 0 saturated heterocycles. The van der Waals surface area contributed by atoms with E-state index in [4.69, 9.17) is 0 Å². The minimum Gasteiger partial charge on any atom is -0.309 e. The smallest absolute Gasteiger partial charge is 0.174 e. The summed E-state index contributed by atoms with van der Waals surface area (Å²) >= 11 is 0. The number of aromatic nitrogens is 1. The Morgan fingerprint density at radius 1 is 0.463 bits per heavy atom. The maximum Gasteiger partial charge on any atom is 0.174 e. The quantitative estimate of drug-likeness (QED) is 0.167. The summed E-state index contributed by atoms with van der Waals surface area (Å²) in [4.78, 5) is 0. The first-order valence-electron chi connectivity index (χ1n) is 18.7. The zero-order valence-electron chi connectivity index (χ0n) is 30.1. The first kappa shape index (κ1) is 31.3. The number of nitrogens with zero attached hydrogens (tertiary/aromatic N) is 1. The van der Waals surface area contributed by atoms with Crippen molar-refractivity contribution < 1.29 is 4.57 Å². The number of hydrogen-bond donors (Lipinski definition) is 0. The molecule has 0 spiro atoms. The summed E-state index contributed by atoms with van der Waals surface area (Å²) in [6, 6.07) is 64.9. The predicted octanol–water partition coefficient (Wildman–Crippen LogP) is 12.0. The molecule has 2 nitrogen and oxygen atoms in total. The monoisotopic (exact) mass is 709 g/mol. The fourth-order valence-electron chi connectivity index (χ4n) is 9.38. The van der Waals surface area contributed by atoms with Gasteiger partial charge in [-0.1, -0.05) is 166 Å². The molecule has 1 unspecified atom stereocenters. The van der Waals surface area contributed by atoms with Gasteiger partial charge in [0.15, 0.2) is 7.14 Å². The maximum absolute atomic E-state index is 15.9.